The second-order valence-electron chi connectivity index (χ2n) is 5.74. The highest BCUT2D eigenvalue weighted by molar-refractivity contribution is 5.82. The lowest BCUT2D eigenvalue weighted by molar-refractivity contribution is -0.136. The number of nitrogens with one attached hydrogen (secondary N) is 1. The summed E-state index contributed by atoms with van der Waals surface area (Å²) in [6, 6.07) is 8.31. The van der Waals surface area contributed by atoms with Crippen molar-refractivity contribution in [3.05, 3.63) is 35.4 Å². The number of hydrogen-bond acceptors (Lipinski definition) is 3. The second-order valence-corrected chi connectivity index (χ2v) is 5.74. The molecule has 4 nitrogen and oxygen atoms in total. The molecule has 1 aliphatic heterocycles. The van der Waals surface area contributed by atoms with Crippen LogP contribution in [-0.4, -0.2) is 36.5 Å². The van der Waals surface area contributed by atoms with E-state index in [1.54, 1.807) is 0 Å². The van der Waals surface area contributed by atoms with Crippen molar-refractivity contribution in [3.8, 4) is 0 Å². The largest absolute Gasteiger partial charge is 0.332 e. The molecular weight excluding hydrogens is 262 g/mol. The lowest BCUT2D eigenvalue weighted by Gasteiger charge is -2.38. The molecule has 2 unspecified atom stereocenters. The molecular formula is C17H27N3O. The summed E-state index contributed by atoms with van der Waals surface area (Å²) >= 11 is 0. The van der Waals surface area contributed by atoms with Crippen molar-refractivity contribution in [2.75, 3.05) is 19.6 Å². The molecule has 1 fully saturated rings. The Hall–Kier alpha value is -1.39. The summed E-state index contributed by atoms with van der Waals surface area (Å²) < 4.78 is 0. The number of piperazine rings is 1. The van der Waals surface area contributed by atoms with E-state index in [0.717, 1.165) is 38.9 Å². The smallest absolute Gasteiger partial charge is 0.240 e. The zero-order valence-corrected chi connectivity index (χ0v) is 13.1. The lowest BCUT2D eigenvalue weighted by atomic mass is 9.99. The van der Waals surface area contributed by atoms with Crippen LogP contribution in [0.4, 0.5) is 0 Å². The summed E-state index contributed by atoms with van der Waals surface area (Å²) in [6.07, 6.45) is 2.73. The highest BCUT2D eigenvalue weighted by Gasteiger charge is 2.30. The van der Waals surface area contributed by atoms with E-state index in [1.807, 2.05) is 4.90 Å². The average Bonchev–Trinajstić information content (AvgIpc) is 2.54. The van der Waals surface area contributed by atoms with Gasteiger partial charge in [0.2, 0.25) is 5.91 Å². The molecule has 21 heavy (non-hydrogen) atoms. The molecule has 0 radical (unpaired) electrons. The van der Waals surface area contributed by atoms with E-state index in [-0.39, 0.29) is 18.0 Å². The summed E-state index contributed by atoms with van der Waals surface area (Å²) in [5.41, 5.74) is 8.55. The van der Waals surface area contributed by atoms with Gasteiger partial charge in [0.25, 0.3) is 0 Å². The van der Waals surface area contributed by atoms with Gasteiger partial charge in [-0.2, -0.15) is 0 Å². The number of amides is 1. The van der Waals surface area contributed by atoms with Crippen molar-refractivity contribution in [1.82, 2.24) is 10.2 Å². The van der Waals surface area contributed by atoms with Gasteiger partial charge in [-0.1, -0.05) is 44.5 Å². The highest BCUT2D eigenvalue weighted by Crippen LogP contribution is 2.23. The maximum atomic E-state index is 12.6. The fourth-order valence-corrected chi connectivity index (χ4v) is 2.89. The van der Waals surface area contributed by atoms with Gasteiger partial charge in [0.1, 0.15) is 0 Å². The van der Waals surface area contributed by atoms with Crippen molar-refractivity contribution >= 4 is 5.91 Å². The predicted octanol–water partition coefficient (Wildman–Crippen LogP) is 1.85. The minimum atomic E-state index is -0.370. The molecule has 3 N–H and O–H groups in total. The molecule has 1 amide bonds. The van der Waals surface area contributed by atoms with Gasteiger partial charge in [-0.3, -0.25) is 4.79 Å². The van der Waals surface area contributed by atoms with Crippen molar-refractivity contribution in [2.24, 2.45) is 5.73 Å². The third-order valence-electron chi connectivity index (χ3n) is 4.22. The number of benzene rings is 1. The number of aryl methyl sites for hydroxylation is 1. The standard InChI is InChI=1S/C17H27N3O/c1-3-5-15(18)17(21)20-11-10-19-12-16(20)14-8-6-13(4-2)7-9-14/h6-9,15-16,19H,3-5,10-12,18H2,1-2H3. The Bertz CT molecular complexity index is 458. The summed E-state index contributed by atoms with van der Waals surface area (Å²) in [4.78, 5) is 14.5. The monoisotopic (exact) mass is 289 g/mol. The summed E-state index contributed by atoms with van der Waals surface area (Å²) in [5.74, 6) is 0.0860. The zero-order valence-electron chi connectivity index (χ0n) is 13.1. The van der Waals surface area contributed by atoms with Crippen molar-refractivity contribution < 1.29 is 4.79 Å². The van der Waals surface area contributed by atoms with Crippen LogP contribution in [0.5, 0.6) is 0 Å². The van der Waals surface area contributed by atoms with Crippen LogP contribution in [-0.2, 0) is 11.2 Å². The third kappa shape index (κ3) is 3.83. The van der Waals surface area contributed by atoms with E-state index >= 15 is 0 Å². The number of nitrogens with zero attached hydrogens (tertiary/aromatic N) is 1. The van der Waals surface area contributed by atoms with Crippen LogP contribution in [0.3, 0.4) is 0 Å². The van der Waals surface area contributed by atoms with Gasteiger partial charge in [-0.25, -0.2) is 0 Å². The molecule has 1 aromatic rings. The maximum absolute atomic E-state index is 12.6. The Morgan fingerprint density at radius 1 is 1.38 bits per heavy atom. The third-order valence-corrected chi connectivity index (χ3v) is 4.22. The second kappa shape index (κ2) is 7.57. The van der Waals surface area contributed by atoms with E-state index in [1.165, 1.54) is 11.1 Å². The lowest BCUT2D eigenvalue weighted by Crippen LogP contribution is -2.53. The van der Waals surface area contributed by atoms with Crippen LogP contribution in [0.25, 0.3) is 0 Å². The topological polar surface area (TPSA) is 58.4 Å². The Labute approximate surface area is 127 Å². The molecule has 4 heteroatoms. The molecule has 0 aromatic heterocycles. The first-order chi connectivity index (χ1) is 10.2. The fraction of sp³-hybridized carbons (Fsp3) is 0.588. The Morgan fingerprint density at radius 2 is 2.10 bits per heavy atom. The van der Waals surface area contributed by atoms with E-state index in [2.05, 4.69) is 43.4 Å². The summed E-state index contributed by atoms with van der Waals surface area (Å²) in [5, 5.41) is 3.38. The van der Waals surface area contributed by atoms with E-state index < -0.39 is 0 Å². The van der Waals surface area contributed by atoms with Gasteiger partial charge in [0.15, 0.2) is 0 Å². The van der Waals surface area contributed by atoms with E-state index in [9.17, 15) is 4.79 Å². The molecule has 2 rings (SSSR count). The zero-order chi connectivity index (χ0) is 15.2. The van der Waals surface area contributed by atoms with Crippen LogP contribution >= 0.6 is 0 Å². The molecule has 1 aromatic carbocycles. The van der Waals surface area contributed by atoms with Gasteiger partial charge < -0.3 is 16.0 Å². The predicted molar refractivity (Wildman–Crippen MR) is 86.0 cm³/mol. The van der Waals surface area contributed by atoms with E-state index in [0.29, 0.717) is 0 Å². The first kappa shape index (κ1) is 16.0. The number of hydrogen-bond donors (Lipinski definition) is 2. The Balaban J connectivity index is 2.15. The van der Waals surface area contributed by atoms with Crippen molar-refractivity contribution in [2.45, 2.75) is 45.2 Å². The first-order valence-electron chi connectivity index (χ1n) is 8.03. The first-order valence-corrected chi connectivity index (χ1v) is 8.03. The van der Waals surface area contributed by atoms with Gasteiger partial charge in [-0.15, -0.1) is 0 Å². The van der Waals surface area contributed by atoms with Crippen LogP contribution in [0.15, 0.2) is 24.3 Å². The van der Waals surface area contributed by atoms with Crippen LogP contribution in [0.1, 0.15) is 43.9 Å². The van der Waals surface area contributed by atoms with Gasteiger partial charge in [0.05, 0.1) is 12.1 Å². The molecule has 0 spiro atoms. The van der Waals surface area contributed by atoms with Gasteiger partial charge in [-0.05, 0) is 24.0 Å². The molecule has 0 bridgehead atoms. The molecule has 0 saturated carbocycles. The fourth-order valence-electron chi connectivity index (χ4n) is 2.89. The molecule has 0 aliphatic carbocycles. The Morgan fingerprint density at radius 3 is 2.71 bits per heavy atom. The molecule has 1 aliphatic rings. The Kier molecular flexibility index (Phi) is 5.76. The van der Waals surface area contributed by atoms with E-state index in [4.69, 9.17) is 5.73 Å². The number of carbonyl (C=O) groups excluding carboxylic acids is 1. The SMILES string of the molecule is CCCC(N)C(=O)N1CCNCC1c1ccc(CC)cc1. The minimum Gasteiger partial charge on any atom is -0.332 e. The van der Waals surface area contributed by atoms with Crippen LogP contribution < -0.4 is 11.1 Å². The quantitative estimate of drug-likeness (QED) is 0.870. The number of rotatable bonds is 5. The van der Waals surface area contributed by atoms with Crippen molar-refractivity contribution in [1.29, 1.82) is 0 Å². The van der Waals surface area contributed by atoms with Crippen LogP contribution in [0, 0.1) is 0 Å². The highest BCUT2D eigenvalue weighted by atomic mass is 16.2. The van der Waals surface area contributed by atoms with Crippen LogP contribution in [0.2, 0.25) is 0 Å². The molecule has 1 heterocycles. The summed E-state index contributed by atoms with van der Waals surface area (Å²) in [7, 11) is 0. The van der Waals surface area contributed by atoms with Gasteiger partial charge >= 0.3 is 0 Å². The molecule has 116 valence electrons. The maximum Gasteiger partial charge on any atom is 0.240 e. The number of carbonyl (C=O) groups is 1. The molecule has 1 saturated heterocycles. The normalized spacial score (nSPS) is 20.3. The van der Waals surface area contributed by atoms with Gasteiger partial charge in [0, 0.05) is 19.6 Å². The minimum absolute atomic E-state index is 0.0860. The van der Waals surface area contributed by atoms with Crippen molar-refractivity contribution in [3.63, 3.8) is 0 Å². The average molecular weight is 289 g/mol. The number of nitrogens with two attached hydrogens (primary N) is 1. The molecule has 2 atom stereocenters. The summed E-state index contributed by atoms with van der Waals surface area (Å²) in [6.45, 7) is 6.59.